The summed E-state index contributed by atoms with van der Waals surface area (Å²) in [5.41, 5.74) is 6.76. The van der Waals surface area contributed by atoms with Gasteiger partial charge in [-0.3, -0.25) is 29.4 Å². The summed E-state index contributed by atoms with van der Waals surface area (Å²) in [6, 6.07) is 19.4. The highest BCUT2D eigenvalue weighted by Crippen LogP contribution is 2.39. The molecule has 0 unspecified atom stereocenters. The van der Waals surface area contributed by atoms with E-state index in [4.69, 9.17) is 38.4 Å². The fraction of sp³-hybridized carbons (Fsp3) is 0.407. The van der Waals surface area contributed by atoms with Crippen LogP contribution in [0.3, 0.4) is 0 Å². The third-order valence-electron chi connectivity index (χ3n) is 13.5. The Balaban J connectivity index is 0.702. The van der Waals surface area contributed by atoms with Crippen LogP contribution in [0.25, 0.3) is 12.2 Å². The Kier molecular flexibility index (Phi) is 15.7. The van der Waals surface area contributed by atoms with Gasteiger partial charge in [0.25, 0.3) is 0 Å². The molecule has 0 aliphatic carbocycles. The van der Waals surface area contributed by atoms with Crippen molar-refractivity contribution in [2.45, 2.75) is 64.1 Å². The maximum atomic E-state index is 13.2. The Morgan fingerprint density at radius 2 is 1.03 bits per heavy atom. The molecule has 0 bridgehead atoms. The number of aliphatic hydroxyl groups excluding tert-OH is 2. The largest absolute Gasteiger partial charge is 0.493 e. The van der Waals surface area contributed by atoms with Gasteiger partial charge in [-0.1, -0.05) is 12.1 Å². The molecule has 2 amide bonds. The summed E-state index contributed by atoms with van der Waals surface area (Å²) in [6.45, 7) is 5.94. The minimum absolute atomic E-state index is 0.138. The first-order valence-corrected chi connectivity index (χ1v) is 24.2. The van der Waals surface area contributed by atoms with Gasteiger partial charge in [0.15, 0.2) is 23.0 Å². The van der Waals surface area contributed by atoms with Gasteiger partial charge in [-0.2, -0.15) is 0 Å². The summed E-state index contributed by atoms with van der Waals surface area (Å²) in [5.74, 6) is 3.09. The number of carbonyl (C=O) groups is 2. The van der Waals surface area contributed by atoms with Crippen molar-refractivity contribution in [3.8, 4) is 34.5 Å². The number of carbonyl (C=O) groups excluding carboxylic acids is 2. The lowest BCUT2D eigenvalue weighted by molar-refractivity contribution is -0.133. The van der Waals surface area contributed by atoms with Crippen molar-refractivity contribution in [2.24, 2.45) is 9.98 Å². The number of rotatable bonds is 18. The van der Waals surface area contributed by atoms with Crippen LogP contribution in [0.15, 0.2) is 82.8 Å². The second-order valence-corrected chi connectivity index (χ2v) is 17.9. The number of fused-ring (bicyclic) bond motifs is 4. The zero-order valence-corrected chi connectivity index (χ0v) is 40.0. The molecule has 0 spiro atoms. The average Bonchev–Trinajstić information content (AvgIpc) is 3.96. The lowest BCUT2D eigenvalue weighted by Crippen LogP contribution is -2.49. The van der Waals surface area contributed by atoms with E-state index in [2.05, 4.69) is 9.80 Å². The molecule has 0 saturated carbocycles. The molecule has 2 N–H and O–H groups in total. The lowest BCUT2D eigenvalue weighted by Gasteiger charge is -2.33. The number of aliphatic hydroxyl groups is 2. The second-order valence-electron chi connectivity index (χ2n) is 17.9. The van der Waals surface area contributed by atoms with Gasteiger partial charge < -0.3 is 48.4 Å². The molecule has 368 valence electrons. The first kappa shape index (κ1) is 48.3. The number of aliphatic imine (C=N–C) groups is 2. The monoisotopic (exact) mass is 954 g/mol. The van der Waals surface area contributed by atoms with E-state index >= 15 is 0 Å². The quantitative estimate of drug-likeness (QED) is 0.0838. The minimum atomic E-state index is -0.241. The fourth-order valence-corrected chi connectivity index (χ4v) is 9.66. The third-order valence-corrected chi connectivity index (χ3v) is 13.5. The lowest BCUT2D eigenvalue weighted by atomic mass is 10.1. The number of ether oxygens (including phenoxy) is 6. The predicted octanol–water partition coefficient (Wildman–Crippen LogP) is 6.36. The average molecular weight is 955 g/mol. The molecule has 5 heterocycles. The highest BCUT2D eigenvalue weighted by Gasteiger charge is 2.29. The SMILES string of the molecule is COc1cc(/C=C/C(=O)N2CCN(C(=O)/C=C/c3ccc(OCCOc4cc5c(cc4OC)CN4CCC[C@H]4C=N5)c(CO)c3)CC2)ccc1OCCOc1cc2c(cc1CO)CN1CCC[C@H]1C=N2. The molecule has 3 saturated heterocycles. The number of benzene rings is 4. The summed E-state index contributed by atoms with van der Waals surface area (Å²) in [6.07, 6.45) is 15.1. The topological polar surface area (TPSA) is 168 Å². The molecule has 2 atom stereocenters. The van der Waals surface area contributed by atoms with Gasteiger partial charge in [0.1, 0.15) is 37.9 Å². The highest BCUT2D eigenvalue weighted by molar-refractivity contribution is 5.93. The Hall–Kier alpha value is -6.72. The first-order valence-electron chi connectivity index (χ1n) is 24.2. The van der Waals surface area contributed by atoms with Crippen molar-refractivity contribution in [1.29, 1.82) is 0 Å². The fourth-order valence-electron chi connectivity index (χ4n) is 9.66. The maximum absolute atomic E-state index is 13.2. The summed E-state index contributed by atoms with van der Waals surface area (Å²) < 4.78 is 35.4. The normalized spacial score (nSPS) is 18.8. The molecule has 9 rings (SSSR count). The van der Waals surface area contributed by atoms with Crippen molar-refractivity contribution in [3.05, 3.63) is 106 Å². The standard InChI is InChI=1S/C54H62N6O10/c1-65-50-26-38(8-12-48(50)68-22-23-69-49-29-45-39(27-42(49)36-62)33-59-15-3-5-43(59)31-55-45)10-14-54(64)58-19-17-57(18-20-58)53(63)13-9-37-7-11-47(41(25-37)35-61)67-21-24-70-52-30-46-40(28-51(52)66-2)34-60-16-4-6-44(60)32-56-46/h7-14,25-32,43-44,61-62H,3-6,15-24,33-36H2,1-2H3/b13-9+,14-10+/t43-,44-/m0/s1. The van der Waals surface area contributed by atoms with Gasteiger partial charge in [0.05, 0.1) is 38.8 Å². The summed E-state index contributed by atoms with van der Waals surface area (Å²) in [5, 5.41) is 20.2. The molecule has 16 heteroatoms. The number of hydrogen-bond donors (Lipinski definition) is 2. The molecule has 5 aliphatic heterocycles. The zero-order chi connectivity index (χ0) is 48.4. The summed E-state index contributed by atoms with van der Waals surface area (Å²) in [7, 11) is 3.19. The van der Waals surface area contributed by atoms with Crippen LogP contribution >= 0.6 is 0 Å². The predicted molar refractivity (Wildman–Crippen MR) is 267 cm³/mol. The van der Waals surface area contributed by atoms with Crippen LogP contribution in [0.5, 0.6) is 34.5 Å². The van der Waals surface area contributed by atoms with Crippen LogP contribution in [0.4, 0.5) is 11.4 Å². The van der Waals surface area contributed by atoms with Crippen molar-refractivity contribution in [3.63, 3.8) is 0 Å². The van der Waals surface area contributed by atoms with E-state index in [9.17, 15) is 19.8 Å². The van der Waals surface area contributed by atoms with Gasteiger partial charge in [0.2, 0.25) is 11.8 Å². The van der Waals surface area contributed by atoms with Crippen LogP contribution in [-0.2, 0) is 35.9 Å². The molecular weight excluding hydrogens is 893 g/mol. The van der Waals surface area contributed by atoms with E-state index in [1.807, 2.05) is 48.8 Å². The molecule has 0 aromatic heterocycles. The number of hydrogen-bond acceptors (Lipinski definition) is 14. The number of methoxy groups -OCH3 is 2. The van der Waals surface area contributed by atoms with E-state index in [1.165, 1.54) is 25.0 Å². The van der Waals surface area contributed by atoms with Crippen molar-refractivity contribution in [2.75, 3.05) is 79.9 Å². The van der Waals surface area contributed by atoms with E-state index < -0.39 is 0 Å². The molecular formula is C54H62N6O10. The molecule has 3 fully saturated rings. The van der Waals surface area contributed by atoms with E-state index in [-0.39, 0.29) is 51.5 Å². The van der Waals surface area contributed by atoms with E-state index in [0.29, 0.717) is 78.3 Å². The molecule has 4 aromatic rings. The Morgan fingerprint density at radius 3 is 1.60 bits per heavy atom. The molecule has 70 heavy (non-hydrogen) atoms. The highest BCUT2D eigenvalue weighted by atomic mass is 16.5. The van der Waals surface area contributed by atoms with Gasteiger partial charge in [-0.25, -0.2) is 0 Å². The van der Waals surface area contributed by atoms with Crippen molar-refractivity contribution >= 4 is 47.8 Å². The van der Waals surface area contributed by atoms with Crippen molar-refractivity contribution in [1.82, 2.24) is 19.6 Å². The molecule has 0 radical (unpaired) electrons. The van der Waals surface area contributed by atoms with Gasteiger partial charge in [-0.15, -0.1) is 0 Å². The third kappa shape index (κ3) is 11.5. The van der Waals surface area contributed by atoms with Gasteiger partial charge >= 0.3 is 0 Å². The Bertz CT molecular complexity index is 2460. The Labute approximate surface area is 409 Å². The van der Waals surface area contributed by atoms with Crippen LogP contribution in [0.1, 0.15) is 59.1 Å². The number of piperazine rings is 1. The number of amides is 2. The van der Waals surface area contributed by atoms with Gasteiger partial charge in [0, 0.05) is 99.2 Å². The Morgan fingerprint density at radius 1 is 0.557 bits per heavy atom. The van der Waals surface area contributed by atoms with Crippen LogP contribution < -0.4 is 28.4 Å². The molecule has 4 aromatic carbocycles. The van der Waals surface area contributed by atoms with Crippen molar-refractivity contribution < 1.29 is 48.2 Å². The molecule has 5 aliphatic rings. The minimum Gasteiger partial charge on any atom is -0.493 e. The summed E-state index contributed by atoms with van der Waals surface area (Å²) in [4.78, 5) is 44.2. The first-order chi connectivity index (χ1) is 34.3. The second kappa shape index (κ2) is 22.8. The van der Waals surface area contributed by atoms with E-state index in [0.717, 1.165) is 78.2 Å². The van der Waals surface area contributed by atoms with Gasteiger partial charge in [-0.05, 0) is 110 Å². The maximum Gasteiger partial charge on any atom is 0.246 e. The molecule has 16 nitrogen and oxygen atoms in total. The van der Waals surface area contributed by atoms with Crippen LogP contribution in [0, 0.1) is 0 Å². The van der Waals surface area contributed by atoms with E-state index in [1.54, 1.807) is 60.4 Å². The number of nitrogens with zero attached hydrogens (tertiary/aromatic N) is 6. The van der Waals surface area contributed by atoms with Crippen LogP contribution in [-0.4, -0.2) is 146 Å². The summed E-state index contributed by atoms with van der Waals surface area (Å²) >= 11 is 0. The smallest absolute Gasteiger partial charge is 0.246 e. The van der Waals surface area contributed by atoms with Crippen LogP contribution in [0.2, 0.25) is 0 Å². The zero-order valence-electron chi connectivity index (χ0n) is 40.0.